The van der Waals surface area contributed by atoms with Gasteiger partial charge in [-0.2, -0.15) is 0 Å². The van der Waals surface area contributed by atoms with Crippen LogP contribution in [0.5, 0.6) is 0 Å². The predicted molar refractivity (Wildman–Crippen MR) is 79.9 cm³/mol. The maximum atomic E-state index is 13.7. The van der Waals surface area contributed by atoms with Crippen molar-refractivity contribution in [3.8, 4) is 0 Å². The summed E-state index contributed by atoms with van der Waals surface area (Å²) in [4.78, 5) is 0. The van der Waals surface area contributed by atoms with Gasteiger partial charge in [0.05, 0.1) is 5.69 Å². The van der Waals surface area contributed by atoms with E-state index in [1.165, 1.54) is 12.1 Å². The summed E-state index contributed by atoms with van der Waals surface area (Å²) >= 11 is 3.35. The zero-order valence-electron chi connectivity index (χ0n) is 10.7. The molecule has 0 spiro atoms. The van der Waals surface area contributed by atoms with Crippen molar-refractivity contribution in [3.63, 3.8) is 0 Å². The molecule has 1 N–H and O–H groups in total. The summed E-state index contributed by atoms with van der Waals surface area (Å²) in [6.07, 6.45) is 1.79. The number of hydrogen-bond acceptors (Lipinski definition) is 1. The molecule has 0 heterocycles. The van der Waals surface area contributed by atoms with Crippen LogP contribution in [-0.4, -0.2) is 6.04 Å². The van der Waals surface area contributed by atoms with Crippen molar-refractivity contribution >= 4 is 21.6 Å². The smallest absolute Gasteiger partial charge is 0.147 e. The summed E-state index contributed by atoms with van der Waals surface area (Å²) in [5, 5.41) is 3.21. The van der Waals surface area contributed by atoms with Crippen LogP contribution in [0.25, 0.3) is 0 Å². The largest absolute Gasteiger partial charge is 0.379 e. The van der Waals surface area contributed by atoms with E-state index in [0.717, 1.165) is 22.9 Å². The summed E-state index contributed by atoms with van der Waals surface area (Å²) < 4.78 is 27.6. The summed E-state index contributed by atoms with van der Waals surface area (Å²) in [6, 6.07) is 11.9. The molecule has 104 valence electrons. The second kappa shape index (κ2) is 5.52. The van der Waals surface area contributed by atoms with Gasteiger partial charge in [-0.15, -0.1) is 0 Å². The Kier molecular flexibility index (Phi) is 3.74. The van der Waals surface area contributed by atoms with Gasteiger partial charge in [-0.3, -0.25) is 0 Å². The van der Waals surface area contributed by atoms with Gasteiger partial charge in [0.1, 0.15) is 11.6 Å². The second-order valence-electron chi connectivity index (χ2n) is 5.16. The van der Waals surface area contributed by atoms with Crippen molar-refractivity contribution in [3.05, 3.63) is 64.1 Å². The van der Waals surface area contributed by atoms with Crippen LogP contribution in [0.2, 0.25) is 0 Å². The molecule has 4 heteroatoms. The fourth-order valence-electron chi connectivity index (χ4n) is 2.61. The number of rotatable bonds is 3. The topological polar surface area (TPSA) is 12.0 Å². The number of benzene rings is 2. The van der Waals surface area contributed by atoms with E-state index in [9.17, 15) is 8.78 Å². The zero-order chi connectivity index (χ0) is 14.1. The molecule has 0 atom stereocenters. The average Bonchev–Trinajstić information content (AvgIpc) is 2.36. The van der Waals surface area contributed by atoms with Gasteiger partial charge in [-0.05, 0) is 64.5 Å². The first-order valence-electron chi connectivity index (χ1n) is 6.59. The van der Waals surface area contributed by atoms with Crippen molar-refractivity contribution in [1.82, 2.24) is 0 Å². The maximum Gasteiger partial charge on any atom is 0.147 e. The van der Waals surface area contributed by atoms with Gasteiger partial charge in [0.25, 0.3) is 0 Å². The van der Waals surface area contributed by atoms with Gasteiger partial charge in [0, 0.05) is 10.5 Å². The molecule has 0 unspecified atom stereocenters. The predicted octanol–water partition coefficient (Wildman–Crippen LogP) is 5.09. The summed E-state index contributed by atoms with van der Waals surface area (Å²) in [7, 11) is 0. The molecule has 0 aromatic heterocycles. The lowest BCUT2D eigenvalue weighted by atomic mass is 9.76. The Morgan fingerprint density at radius 1 is 1.05 bits per heavy atom. The van der Waals surface area contributed by atoms with Crippen LogP contribution >= 0.6 is 15.9 Å². The first-order chi connectivity index (χ1) is 9.63. The van der Waals surface area contributed by atoms with E-state index in [-0.39, 0.29) is 17.7 Å². The minimum absolute atomic E-state index is 0.198. The summed E-state index contributed by atoms with van der Waals surface area (Å²) in [5.74, 6) is -0.0990. The molecule has 1 nitrogen and oxygen atoms in total. The highest BCUT2D eigenvalue weighted by atomic mass is 79.9. The van der Waals surface area contributed by atoms with E-state index in [0.29, 0.717) is 11.6 Å². The molecule has 20 heavy (non-hydrogen) atoms. The van der Waals surface area contributed by atoms with E-state index < -0.39 is 0 Å². The molecule has 0 bridgehead atoms. The number of nitrogens with one attached hydrogen (secondary N) is 1. The molecule has 1 aliphatic rings. The Bertz CT molecular complexity index is 603. The van der Waals surface area contributed by atoms with Crippen molar-refractivity contribution in [2.45, 2.75) is 24.8 Å². The van der Waals surface area contributed by atoms with Crippen LogP contribution in [0, 0.1) is 11.6 Å². The highest BCUT2D eigenvalue weighted by Gasteiger charge is 2.31. The second-order valence-corrected chi connectivity index (χ2v) is 6.02. The standard InChI is InChI=1S/C16H14BrF2N/c17-14-5-2-6-15(19)16(14)20-13-8-11(9-13)10-3-1-4-12(18)7-10/h1-7,11,13,20H,8-9H2. The summed E-state index contributed by atoms with van der Waals surface area (Å²) in [5.41, 5.74) is 1.53. The lowest BCUT2D eigenvalue weighted by molar-refractivity contribution is 0.371. The lowest BCUT2D eigenvalue weighted by Crippen LogP contribution is -2.34. The van der Waals surface area contributed by atoms with Crippen molar-refractivity contribution in [2.24, 2.45) is 0 Å². The molecule has 1 saturated carbocycles. The molecular formula is C16H14BrF2N. The summed E-state index contributed by atoms with van der Waals surface area (Å²) in [6.45, 7) is 0. The minimum Gasteiger partial charge on any atom is -0.379 e. The van der Waals surface area contributed by atoms with E-state index in [1.54, 1.807) is 18.2 Å². The van der Waals surface area contributed by atoms with Crippen molar-refractivity contribution in [1.29, 1.82) is 0 Å². The molecule has 0 amide bonds. The van der Waals surface area contributed by atoms with E-state index in [1.807, 2.05) is 12.1 Å². The number of anilines is 1. The van der Waals surface area contributed by atoms with Crippen LogP contribution in [0.3, 0.4) is 0 Å². The van der Waals surface area contributed by atoms with E-state index in [2.05, 4.69) is 21.2 Å². The molecule has 1 aliphatic carbocycles. The monoisotopic (exact) mass is 337 g/mol. The van der Waals surface area contributed by atoms with Gasteiger partial charge in [-0.25, -0.2) is 8.78 Å². The van der Waals surface area contributed by atoms with Gasteiger partial charge < -0.3 is 5.32 Å². The SMILES string of the molecule is Fc1cccc(C2CC(Nc3c(F)cccc3Br)C2)c1. The fourth-order valence-corrected chi connectivity index (χ4v) is 3.06. The zero-order valence-corrected chi connectivity index (χ0v) is 12.3. The number of para-hydroxylation sites is 1. The van der Waals surface area contributed by atoms with Gasteiger partial charge in [0.2, 0.25) is 0 Å². The minimum atomic E-state index is -0.256. The molecule has 2 aromatic rings. The average molecular weight is 338 g/mol. The quantitative estimate of drug-likeness (QED) is 0.822. The Morgan fingerprint density at radius 2 is 1.80 bits per heavy atom. The molecule has 0 aliphatic heterocycles. The number of hydrogen-bond donors (Lipinski definition) is 1. The van der Waals surface area contributed by atoms with Crippen LogP contribution in [0.15, 0.2) is 46.9 Å². The van der Waals surface area contributed by atoms with Crippen LogP contribution in [0.4, 0.5) is 14.5 Å². The third-order valence-corrected chi connectivity index (χ3v) is 4.43. The molecule has 0 radical (unpaired) electrons. The molecule has 3 rings (SSSR count). The maximum absolute atomic E-state index is 13.7. The van der Waals surface area contributed by atoms with Crippen molar-refractivity contribution in [2.75, 3.05) is 5.32 Å². The first-order valence-corrected chi connectivity index (χ1v) is 7.39. The van der Waals surface area contributed by atoms with Crippen LogP contribution in [-0.2, 0) is 0 Å². The van der Waals surface area contributed by atoms with Gasteiger partial charge in [0.15, 0.2) is 0 Å². The van der Waals surface area contributed by atoms with Gasteiger partial charge in [-0.1, -0.05) is 18.2 Å². The first kappa shape index (κ1) is 13.6. The van der Waals surface area contributed by atoms with E-state index in [4.69, 9.17) is 0 Å². The Hall–Kier alpha value is -1.42. The Balaban J connectivity index is 1.64. The highest BCUT2D eigenvalue weighted by Crippen LogP contribution is 2.40. The molecule has 1 fully saturated rings. The molecule has 0 saturated heterocycles. The molecular weight excluding hydrogens is 324 g/mol. The number of halogens is 3. The Morgan fingerprint density at radius 3 is 2.50 bits per heavy atom. The fraction of sp³-hybridized carbons (Fsp3) is 0.250. The van der Waals surface area contributed by atoms with Crippen molar-refractivity contribution < 1.29 is 8.78 Å². The van der Waals surface area contributed by atoms with E-state index >= 15 is 0 Å². The van der Waals surface area contributed by atoms with Gasteiger partial charge >= 0.3 is 0 Å². The Labute approximate surface area is 125 Å². The highest BCUT2D eigenvalue weighted by molar-refractivity contribution is 9.10. The lowest BCUT2D eigenvalue weighted by Gasteiger charge is -2.37. The normalized spacial score (nSPS) is 21.4. The van der Waals surface area contributed by atoms with Crippen LogP contribution < -0.4 is 5.32 Å². The third-order valence-electron chi connectivity index (χ3n) is 3.77. The third kappa shape index (κ3) is 2.70. The van der Waals surface area contributed by atoms with Crippen LogP contribution in [0.1, 0.15) is 24.3 Å². The molecule has 2 aromatic carbocycles.